The summed E-state index contributed by atoms with van der Waals surface area (Å²) in [5.41, 5.74) is 0.710. The maximum absolute atomic E-state index is 13.8. The Kier molecular flexibility index (Phi) is 4.40. The van der Waals surface area contributed by atoms with Crippen molar-refractivity contribution in [3.05, 3.63) is 64.4 Å². The van der Waals surface area contributed by atoms with Crippen molar-refractivity contribution in [2.75, 3.05) is 6.61 Å². The third kappa shape index (κ3) is 3.06. The fraction of sp³-hybridized carbons (Fsp3) is 0.200. The van der Waals surface area contributed by atoms with Crippen LogP contribution in [0.2, 0.25) is 5.02 Å². The molecule has 0 aliphatic heterocycles. The average Bonchev–Trinajstić information content (AvgIpc) is 2.39. The normalized spacial score (nSPS) is 12.2. The van der Waals surface area contributed by atoms with Gasteiger partial charge in [-0.1, -0.05) is 35.9 Å². The number of rotatable bonds is 4. The first-order chi connectivity index (χ1) is 9.13. The number of aliphatic hydroxyl groups excluding tert-OH is 1. The van der Waals surface area contributed by atoms with Crippen LogP contribution in [0.25, 0.3) is 0 Å². The molecule has 0 aromatic heterocycles. The molecule has 4 heteroatoms. The molecule has 0 radical (unpaired) electrons. The SMILES string of the molecule is CCOc1ccccc1C(O)c1ccc(Cl)cc1F. The van der Waals surface area contributed by atoms with Gasteiger partial charge in [-0.2, -0.15) is 0 Å². The molecular weight excluding hydrogens is 267 g/mol. The third-order valence-corrected chi connectivity index (χ3v) is 3.01. The lowest BCUT2D eigenvalue weighted by Gasteiger charge is -2.16. The molecule has 0 aliphatic rings. The van der Waals surface area contributed by atoms with Gasteiger partial charge in [0.25, 0.3) is 0 Å². The van der Waals surface area contributed by atoms with Gasteiger partial charge >= 0.3 is 0 Å². The molecule has 0 bridgehead atoms. The molecule has 19 heavy (non-hydrogen) atoms. The Hall–Kier alpha value is -1.58. The van der Waals surface area contributed by atoms with Gasteiger partial charge in [0.1, 0.15) is 17.7 Å². The maximum atomic E-state index is 13.8. The molecule has 0 amide bonds. The molecular formula is C15H14ClFO2. The van der Waals surface area contributed by atoms with Crippen LogP contribution in [0.1, 0.15) is 24.2 Å². The summed E-state index contributed by atoms with van der Waals surface area (Å²) in [6.07, 6.45) is -1.08. The molecule has 0 aliphatic carbocycles. The second kappa shape index (κ2) is 6.04. The number of halogens is 2. The van der Waals surface area contributed by atoms with Crippen molar-refractivity contribution in [2.45, 2.75) is 13.0 Å². The molecule has 0 spiro atoms. The number of hydrogen-bond acceptors (Lipinski definition) is 2. The van der Waals surface area contributed by atoms with Crippen molar-refractivity contribution in [1.29, 1.82) is 0 Å². The number of ether oxygens (including phenoxy) is 1. The summed E-state index contributed by atoms with van der Waals surface area (Å²) in [5, 5.41) is 10.6. The second-order valence-corrected chi connectivity index (χ2v) is 4.48. The fourth-order valence-corrected chi connectivity index (χ4v) is 2.04. The summed E-state index contributed by atoms with van der Waals surface area (Å²) in [5.74, 6) is 0.0122. The Labute approximate surface area is 116 Å². The Morgan fingerprint density at radius 2 is 1.95 bits per heavy atom. The largest absolute Gasteiger partial charge is 0.493 e. The van der Waals surface area contributed by atoms with Crippen LogP contribution in [0.5, 0.6) is 5.75 Å². The second-order valence-electron chi connectivity index (χ2n) is 4.04. The van der Waals surface area contributed by atoms with E-state index >= 15 is 0 Å². The third-order valence-electron chi connectivity index (χ3n) is 2.77. The van der Waals surface area contributed by atoms with Crippen molar-refractivity contribution in [1.82, 2.24) is 0 Å². The van der Waals surface area contributed by atoms with E-state index in [4.69, 9.17) is 16.3 Å². The molecule has 2 rings (SSSR count). The Balaban J connectivity index is 2.41. The Bertz CT molecular complexity index is 572. The summed E-state index contributed by atoms with van der Waals surface area (Å²) in [4.78, 5) is 0. The van der Waals surface area contributed by atoms with Crippen LogP contribution < -0.4 is 4.74 Å². The van der Waals surface area contributed by atoms with E-state index in [-0.39, 0.29) is 5.56 Å². The zero-order valence-corrected chi connectivity index (χ0v) is 11.2. The van der Waals surface area contributed by atoms with Gasteiger partial charge in [0.15, 0.2) is 0 Å². The average molecular weight is 281 g/mol. The molecule has 2 aromatic carbocycles. The monoisotopic (exact) mass is 280 g/mol. The van der Waals surface area contributed by atoms with Gasteiger partial charge in [-0.3, -0.25) is 0 Å². The molecule has 2 nitrogen and oxygen atoms in total. The fourth-order valence-electron chi connectivity index (χ4n) is 1.88. The Morgan fingerprint density at radius 3 is 2.63 bits per heavy atom. The highest BCUT2D eigenvalue weighted by Crippen LogP contribution is 2.32. The van der Waals surface area contributed by atoms with Crippen LogP contribution in [-0.4, -0.2) is 11.7 Å². The van der Waals surface area contributed by atoms with Gasteiger partial charge in [-0.15, -0.1) is 0 Å². The van der Waals surface area contributed by atoms with Crippen LogP contribution >= 0.6 is 11.6 Å². The highest BCUT2D eigenvalue weighted by atomic mass is 35.5. The molecule has 2 aromatic rings. The molecule has 1 atom stereocenters. The van der Waals surface area contributed by atoms with Gasteiger partial charge in [0.2, 0.25) is 0 Å². The van der Waals surface area contributed by atoms with Crippen LogP contribution in [-0.2, 0) is 0 Å². The minimum atomic E-state index is -1.08. The zero-order valence-electron chi connectivity index (χ0n) is 10.4. The van der Waals surface area contributed by atoms with Gasteiger partial charge in [0, 0.05) is 16.1 Å². The van der Waals surface area contributed by atoms with E-state index in [2.05, 4.69) is 0 Å². The predicted molar refractivity (Wildman–Crippen MR) is 73.1 cm³/mol. The molecule has 1 unspecified atom stereocenters. The predicted octanol–water partition coefficient (Wildman–Crippen LogP) is 3.96. The molecule has 0 heterocycles. The molecule has 0 saturated carbocycles. The smallest absolute Gasteiger partial charge is 0.130 e. The first-order valence-corrected chi connectivity index (χ1v) is 6.36. The van der Waals surface area contributed by atoms with E-state index in [1.54, 1.807) is 30.3 Å². The highest BCUT2D eigenvalue weighted by molar-refractivity contribution is 6.30. The highest BCUT2D eigenvalue weighted by Gasteiger charge is 2.18. The lowest BCUT2D eigenvalue weighted by molar-refractivity contribution is 0.207. The quantitative estimate of drug-likeness (QED) is 0.918. The van der Waals surface area contributed by atoms with E-state index in [9.17, 15) is 9.50 Å². The summed E-state index contributed by atoms with van der Waals surface area (Å²) in [6.45, 7) is 2.33. The lowest BCUT2D eigenvalue weighted by atomic mass is 10.0. The van der Waals surface area contributed by atoms with Gasteiger partial charge in [-0.25, -0.2) is 4.39 Å². The first-order valence-electron chi connectivity index (χ1n) is 5.98. The van der Waals surface area contributed by atoms with Crippen molar-refractivity contribution < 1.29 is 14.2 Å². The number of hydrogen-bond donors (Lipinski definition) is 1. The number of benzene rings is 2. The molecule has 0 fully saturated rings. The van der Waals surface area contributed by atoms with E-state index in [0.717, 1.165) is 0 Å². The van der Waals surface area contributed by atoms with Crippen molar-refractivity contribution in [3.63, 3.8) is 0 Å². The van der Waals surface area contributed by atoms with Crippen molar-refractivity contribution in [2.24, 2.45) is 0 Å². The van der Waals surface area contributed by atoms with E-state index < -0.39 is 11.9 Å². The van der Waals surface area contributed by atoms with E-state index in [1.165, 1.54) is 12.1 Å². The minimum Gasteiger partial charge on any atom is -0.493 e. The zero-order chi connectivity index (χ0) is 13.8. The standard InChI is InChI=1S/C15H14ClFO2/c1-2-19-14-6-4-3-5-12(14)15(18)11-8-7-10(16)9-13(11)17/h3-9,15,18H,2H2,1H3. The summed E-state index contributed by atoms with van der Waals surface area (Å²) >= 11 is 5.70. The van der Waals surface area contributed by atoms with Gasteiger partial charge < -0.3 is 9.84 Å². The van der Waals surface area contributed by atoms with Crippen LogP contribution in [0.15, 0.2) is 42.5 Å². The minimum absolute atomic E-state index is 0.177. The van der Waals surface area contributed by atoms with Crippen molar-refractivity contribution in [3.8, 4) is 5.75 Å². The van der Waals surface area contributed by atoms with Crippen LogP contribution in [0, 0.1) is 5.82 Å². The van der Waals surface area contributed by atoms with Crippen LogP contribution in [0.4, 0.5) is 4.39 Å². The van der Waals surface area contributed by atoms with Gasteiger partial charge in [0.05, 0.1) is 6.61 Å². The number of para-hydroxylation sites is 1. The topological polar surface area (TPSA) is 29.5 Å². The molecule has 0 saturated heterocycles. The molecule has 100 valence electrons. The van der Waals surface area contributed by atoms with Crippen LogP contribution in [0.3, 0.4) is 0 Å². The Morgan fingerprint density at radius 1 is 1.21 bits per heavy atom. The summed E-state index contributed by atoms with van der Waals surface area (Å²) < 4.78 is 19.3. The first kappa shape index (κ1) is 13.8. The van der Waals surface area contributed by atoms with Gasteiger partial charge in [-0.05, 0) is 25.1 Å². The van der Waals surface area contributed by atoms with E-state index in [1.807, 2.05) is 6.92 Å². The van der Waals surface area contributed by atoms with E-state index in [0.29, 0.717) is 22.9 Å². The maximum Gasteiger partial charge on any atom is 0.130 e. The van der Waals surface area contributed by atoms with Crippen molar-refractivity contribution >= 4 is 11.6 Å². The lowest BCUT2D eigenvalue weighted by Crippen LogP contribution is -2.05. The molecule has 1 N–H and O–H groups in total. The summed E-state index contributed by atoms with van der Waals surface area (Å²) in [7, 11) is 0. The summed E-state index contributed by atoms with van der Waals surface area (Å²) in [6, 6.07) is 11.2. The number of aliphatic hydroxyl groups is 1.